The standard InChI is InChI=1S/C30H28ClN5O2S/c1-21-11-12-27(22(2)17-21)39(37,38)35-15-13-34(14-16-35)29-28-26(23-7-4-3-5-8-23)19-36(30(28)33-20-32-29)25-10-6-9-24(31)18-25/h3-12,17-20H,13-16H2,1-2H3. The van der Waals surface area contributed by atoms with Crippen molar-refractivity contribution in [3.8, 4) is 16.8 Å². The molecule has 6 rings (SSSR count). The van der Waals surface area contributed by atoms with Crippen molar-refractivity contribution in [1.82, 2.24) is 18.8 Å². The van der Waals surface area contributed by atoms with Gasteiger partial charge in [-0.1, -0.05) is 65.7 Å². The lowest BCUT2D eigenvalue weighted by Gasteiger charge is -2.35. The number of aryl methyl sites for hydroxylation is 2. The summed E-state index contributed by atoms with van der Waals surface area (Å²) in [5.74, 6) is 0.795. The molecule has 3 aromatic carbocycles. The molecule has 0 N–H and O–H groups in total. The van der Waals surface area contributed by atoms with Gasteiger partial charge in [0.1, 0.15) is 12.1 Å². The molecule has 0 unspecified atom stereocenters. The summed E-state index contributed by atoms with van der Waals surface area (Å²) < 4.78 is 30.6. The van der Waals surface area contributed by atoms with Crippen LogP contribution in [0.1, 0.15) is 11.1 Å². The van der Waals surface area contributed by atoms with Gasteiger partial charge >= 0.3 is 0 Å². The van der Waals surface area contributed by atoms with Crippen LogP contribution in [0.4, 0.5) is 5.82 Å². The Balaban J connectivity index is 1.39. The number of sulfonamides is 1. The summed E-state index contributed by atoms with van der Waals surface area (Å²) in [5, 5.41) is 1.57. The number of rotatable bonds is 5. The fourth-order valence-electron chi connectivity index (χ4n) is 5.31. The average Bonchev–Trinajstić information content (AvgIpc) is 3.33. The van der Waals surface area contributed by atoms with Crippen molar-refractivity contribution in [2.45, 2.75) is 18.7 Å². The molecule has 7 nitrogen and oxygen atoms in total. The van der Waals surface area contributed by atoms with Crippen LogP contribution in [0.3, 0.4) is 0 Å². The zero-order chi connectivity index (χ0) is 27.1. The minimum absolute atomic E-state index is 0.371. The van der Waals surface area contributed by atoms with E-state index in [-0.39, 0.29) is 0 Å². The highest BCUT2D eigenvalue weighted by Gasteiger charge is 2.31. The fraction of sp³-hybridized carbons (Fsp3) is 0.200. The monoisotopic (exact) mass is 557 g/mol. The van der Waals surface area contributed by atoms with Crippen molar-refractivity contribution in [2.24, 2.45) is 0 Å². The van der Waals surface area contributed by atoms with Crippen molar-refractivity contribution in [3.05, 3.63) is 101 Å². The third kappa shape index (κ3) is 4.69. The summed E-state index contributed by atoms with van der Waals surface area (Å²) in [5.41, 5.74) is 5.55. The summed E-state index contributed by atoms with van der Waals surface area (Å²) in [7, 11) is -3.59. The lowest BCUT2D eigenvalue weighted by atomic mass is 10.1. The molecule has 0 amide bonds. The molecule has 1 aliphatic rings. The van der Waals surface area contributed by atoms with E-state index in [1.165, 1.54) is 0 Å². The molecule has 0 saturated carbocycles. The van der Waals surface area contributed by atoms with Gasteiger partial charge in [-0.2, -0.15) is 4.31 Å². The van der Waals surface area contributed by atoms with Gasteiger partial charge < -0.3 is 9.47 Å². The molecule has 1 aliphatic heterocycles. The summed E-state index contributed by atoms with van der Waals surface area (Å²) in [4.78, 5) is 11.9. The number of benzene rings is 3. The van der Waals surface area contributed by atoms with Crippen LogP contribution in [-0.2, 0) is 10.0 Å². The highest BCUT2D eigenvalue weighted by molar-refractivity contribution is 7.89. The molecule has 198 valence electrons. The summed E-state index contributed by atoms with van der Waals surface area (Å²) >= 11 is 6.33. The lowest BCUT2D eigenvalue weighted by molar-refractivity contribution is 0.384. The quantitative estimate of drug-likeness (QED) is 0.270. The van der Waals surface area contributed by atoms with Crippen molar-refractivity contribution in [1.29, 1.82) is 0 Å². The first-order valence-corrected chi connectivity index (χ1v) is 14.6. The van der Waals surface area contributed by atoms with E-state index in [4.69, 9.17) is 16.6 Å². The van der Waals surface area contributed by atoms with Gasteiger partial charge in [0.15, 0.2) is 5.65 Å². The molecule has 0 atom stereocenters. The third-order valence-corrected chi connectivity index (χ3v) is 9.51. The maximum Gasteiger partial charge on any atom is 0.243 e. The van der Waals surface area contributed by atoms with Crippen molar-refractivity contribution < 1.29 is 8.42 Å². The number of hydrogen-bond donors (Lipinski definition) is 0. The van der Waals surface area contributed by atoms with Gasteiger partial charge in [0.25, 0.3) is 0 Å². The van der Waals surface area contributed by atoms with Crippen molar-refractivity contribution >= 4 is 38.5 Å². The molecule has 9 heteroatoms. The number of anilines is 1. The van der Waals surface area contributed by atoms with Crippen LogP contribution in [0.25, 0.3) is 27.8 Å². The lowest BCUT2D eigenvalue weighted by Crippen LogP contribution is -2.49. The first kappa shape index (κ1) is 25.6. The molecule has 39 heavy (non-hydrogen) atoms. The van der Waals surface area contributed by atoms with Crippen LogP contribution in [0.5, 0.6) is 0 Å². The summed E-state index contributed by atoms with van der Waals surface area (Å²) in [6.45, 7) is 5.60. The third-order valence-electron chi connectivity index (χ3n) is 7.22. The number of hydrogen-bond acceptors (Lipinski definition) is 5. The van der Waals surface area contributed by atoms with Gasteiger partial charge in [0, 0.05) is 48.6 Å². The molecular formula is C30H28ClN5O2S. The van der Waals surface area contributed by atoms with E-state index in [1.54, 1.807) is 16.7 Å². The molecule has 3 heterocycles. The average molecular weight is 558 g/mol. The smallest absolute Gasteiger partial charge is 0.243 e. The first-order valence-electron chi connectivity index (χ1n) is 12.8. The van der Waals surface area contributed by atoms with Crippen LogP contribution in [-0.4, -0.2) is 53.4 Å². The zero-order valence-electron chi connectivity index (χ0n) is 21.8. The molecule has 5 aromatic rings. The molecule has 0 radical (unpaired) electrons. The maximum atomic E-state index is 13.5. The number of nitrogens with zero attached hydrogens (tertiary/aromatic N) is 5. The number of piperazine rings is 1. The molecule has 1 fully saturated rings. The van der Waals surface area contributed by atoms with Gasteiger partial charge in [-0.25, -0.2) is 18.4 Å². The largest absolute Gasteiger partial charge is 0.353 e. The predicted octanol–water partition coefficient (Wildman–Crippen LogP) is 5.87. The van der Waals surface area contributed by atoms with E-state index in [0.717, 1.165) is 44.8 Å². The second-order valence-corrected chi connectivity index (χ2v) is 12.2. The zero-order valence-corrected chi connectivity index (χ0v) is 23.3. The van der Waals surface area contributed by atoms with Crippen molar-refractivity contribution in [3.63, 3.8) is 0 Å². The Labute approximate surface area is 233 Å². The highest BCUT2D eigenvalue weighted by atomic mass is 35.5. The van der Waals surface area contributed by atoms with Crippen LogP contribution in [0, 0.1) is 13.8 Å². The Hall–Kier alpha value is -3.72. The van der Waals surface area contributed by atoms with E-state index >= 15 is 0 Å². The van der Waals surface area contributed by atoms with Crippen molar-refractivity contribution in [2.75, 3.05) is 31.1 Å². The Bertz CT molecular complexity index is 1780. The second kappa shape index (κ2) is 10.1. The van der Waals surface area contributed by atoms with Gasteiger partial charge in [-0.15, -0.1) is 0 Å². The summed E-state index contributed by atoms with van der Waals surface area (Å²) in [6, 6.07) is 23.3. The predicted molar refractivity (Wildman–Crippen MR) is 156 cm³/mol. The summed E-state index contributed by atoms with van der Waals surface area (Å²) in [6.07, 6.45) is 3.65. The molecule has 0 spiro atoms. The maximum absolute atomic E-state index is 13.5. The van der Waals surface area contributed by atoms with E-state index in [2.05, 4.69) is 28.2 Å². The van der Waals surface area contributed by atoms with E-state index in [9.17, 15) is 8.42 Å². The van der Waals surface area contributed by atoms with Crippen LogP contribution < -0.4 is 4.90 Å². The van der Waals surface area contributed by atoms with Gasteiger partial charge in [-0.05, 0) is 49.2 Å². The Morgan fingerprint density at radius 3 is 2.33 bits per heavy atom. The Kier molecular flexibility index (Phi) is 6.62. The minimum Gasteiger partial charge on any atom is -0.353 e. The Morgan fingerprint density at radius 1 is 0.846 bits per heavy atom. The minimum atomic E-state index is -3.59. The second-order valence-electron chi connectivity index (χ2n) is 9.81. The first-order chi connectivity index (χ1) is 18.8. The highest BCUT2D eigenvalue weighted by Crippen LogP contribution is 2.37. The number of fused-ring (bicyclic) bond motifs is 1. The van der Waals surface area contributed by atoms with Gasteiger partial charge in [0.05, 0.1) is 10.3 Å². The van der Waals surface area contributed by atoms with Gasteiger partial charge in [-0.3, -0.25) is 0 Å². The van der Waals surface area contributed by atoms with Crippen LogP contribution in [0.15, 0.2) is 90.2 Å². The van der Waals surface area contributed by atoms with Gasteiger partial charge in [0.2, 0.25) is 10.0 Å². The molecule has 0 aliphatic carbocycles. The Morgan fingerprint density at radius 2 is 1.62 bits per heavy atom. The molecule has 2 aromatic heterocycles. The van der Waals surface area contributed by atoms with E-state index in [0.29, 0.717) is 36.1 Å². The number of aromatic nitrogens is 3. The van der Waals surface area contributed by atoms with E-state index in [1.807, 2.05) is 73.0 Å². The topological polar surface area (TPSA) is 71.3 Å². The van der Waals surface area contributed by atoms with E-state index < -0.39 is 10.0 Å². The molecular weight excluding hydrogens is 530 g/mol. The SMILES string of the molecule is Cc1ccc(S(=O)(=O)N2CCN(c3ncnc4c3c(-c3ccccc3)cn4-c3cccc(Cl)c3)CC2)c(C)c1. The normalized spacial score (nSPS) is 14.7. The molecule has 1 saturated heterocycles. The molecule has 0 bridgehead atoms. The fourth-order valence-corrected chi connectivity index (χ4v) is 7.13. The number of halogens is 1. The van der Waals surface area contributed by atoms with Crippen LogP contribution in [0.2, 0.25) is 5.02 Å². The van der Waals surface area contributed by atoms with Crippen LogP contribution >= 0.6 is 11.6 Å².